The first kappa shape index (κ1) is 18.8. The van der Waals surface area contributed by atoms with E-state index in [0.717, 1.165) is 50.1 Å². The zero-order chi connectivity index (χ0) is 19.6. The van der Waals surface area contributed by atoms with E-state index < -0.39 is 5.54 Å². The second-order valence-electron chi connectivity index (χ2n) is 8.04. The molecule has 0 aromatic heterocycles. The molecule has 4 amide bonds. The van der Waals surface area contributed by atoms with Crippen molar-refractivity contribution in [1.29, 1.82) is 0 Å². The highest BCUT2D eigenvalue weighted by atomic mass is 16.2. The fraction of sp³-hybridized carbons (Fsp3) is 0.571. The van der Waals surface area contributed by atoms with Crippen LogP contribution in [0.4, 0.5) is 16.2 Å². The molecule has 1 aromatic rings. The van der Waals surface area contributed by atoms with Crippen LogP contribution in [0.1, 0.15) is 51.4 Å². The summed E-state index contributed by atoms with van der Waals surface area (Å²) in [5, 5.41) is 5.88. The predicted octanol–water partition coefficient (Wildman–Crippen LogP) is 2.87. The molecule has 0 bridgehead atoms. The number of carbonyl (C=O) groups excluding carboxylic acids is 3. The molecule has 2 saturated heterocycles. The number of amides is 4. The molecule has 28 heavy (non-hydrogen) atoms. The predicted molar refractivity (Wildman–Crippen MR) is 107 cm³/mol. The molecule has 2 aliphatic heterocycles. The van der Waals surface area contributed by atoms with E-state index in [2.05, 4.69) is 15.5 Å². The molecule has 1 saturated carbocycles. The number of hydrogen-bond acceptors (Lipinski definition) is 4. The molecule has 2 N–H and O–H groups in total. The van der Waals surface area contributed by atoms with E-state index in [4.69, 9.17) is 0 Å². The molecular weight excluding hydrogens is 356 g/mol. The Morgan fingerprint density at radius 3 is 2.54 bits per heavy atom. The van der Waals surface area contributed by atoms with Crippen LogP contribution in [0.2, 0.25) is 0 Å². The average Bonchev–Trinajstić information content (AvgIpc) is 3.41. The Labute approximate surface area is 165 Å². The molecule has 3 aliphatic rings. The summed E-state index contributed by atoms with van der Waals surface area (Å²) in [6, 6.07) is 7.55. The molecule has 7 heteroatoms. The van der Waals surface area contributed by atoms with Crippen molar-refractivity contribution in [2.24, 2.45) is 0 Å². The zero-order valence-corrected chi connectivity index (χ0v) is 16.2. The number of hydrogen-bond donors (Lipinski definition) is 2. The van der Waals surface area contributed by atoms with Crippen LogP contribution in [0, 0.1) is 0 Å². The maximum Gasteiger partial charge on any atom is 0.325 e. The van der Waals surface area contributed by atoms with Crippen LogP contribution in [-0.4, -0.2) is 47.9 Å². The fourth-order valence-electron chi connectivity index (χ4n) is 4.62. The van der Waals surface area contributed by atoms with Crippen LogP contribution in [0.15, 0.2) is 24.3 Å². The van der Waals surface area contributed by atoms with Gasteiger partial charge < -0.3 is 15.5 Å². The first-order valence-corrected chi connectivity index (χ1v) is 10.4. The van der Waals surface area contributed by atoms with E-state index in [1.54, 1.807) is 0 Å². The largest absolute Gasteiger partial charge is 0.370 e. The van der Waals surface area contributed by atoms with Crippen molar-refractivity contribution in [1.82, 2.24) is 10.2 Å². The third-order valence-corrected chi connectivity index (χ3v) is 6.11. The third-order valence-electron chi connectivity index (χ3n) is 6.11. The lowest BCUT2D eigenvalue weighted by atomic mass is 9.98. The summed E-state index contributed by atoms with van der Waals surface area (Å²) in [6.07, 6.45) is 6.48. The van der Waals surface area contributed by atoms with Gasteiger partial charge in [-0.1, -0.05) is 25.0 Å². The second kappa shape index (κ2) is 7.81. The molecule has 7 nitrogen and oxygen atoms in total. The maximum atomic E-state index is 12.6. The van der Waals surface area contributed by atoms with Crippen molar-refractivity contribution < 1.29 is 14.4 Å². The highest BCUT2D eigenvalue weighted by molar-refractivity contribution is 6.07. The van der Waals surface area contributed by atoms with Gasteiger partial charge in [-0.15, -0.1) is 0 Å². The molecular formula is C21H28N4O3. The summed E-state index contributed by atoms with van der Waals surface area (Å²) in [6.45, 7) is 2.31. The van der Waals surface area contributed by atoms with Gasteiger partial charge in [-0.05, 0) is 44.2 Å². The molecule has 3 fully saturated rings. The number of para-hydroxylation sites is 2. The average molecular weight is 384 g/mol. The van der Waals surface area contributed by atoms with Gasteiger partial charge in [0, 0.05) is 26.1 Å². The van der Waals surface area contributed by atoms with E-state index in [1.165, 1.54) is 17.7 Å². The minimum Gasteiger partial charge on any atom is -0.370 e. The summed E-state index contributed by atoms with van der Waals surface area (Å²) in [7, 11) is 0. The van der Waals surface area contributed by atoms with Gasteiger partial charge in [-0.25, -0.2) is 4.79 Å². The molecule has 0 unspecified atom stereocenters. The van der Waals surface area contributed by atoms with Crippen molar-refractivity contribution in [3.8, 4) is 0 Å². The fourth-order valence-corrected chi connectivity index (χ4v) is 4.62. The number of nitrogens with zero attached hydrogens (tertiary/aromatic N) is 2. The molecule has 0 radical (unpaired) electrons. The van der Waals surface area contributed by atoms with Crippen molar-refractivity contribution in [3.63, 3.8) is 0 Å². The van der Waals surface area contributed by atoms with Gasteiger partial charge in [0.25, 0.3) is 5.91 Å². The quantitative estimate of drug-likeness (QED) is 0.739. The first-order chi connectivity index (χ1) is 13.6. The monoisotopic (exact) mass is 384 g/mol. The van der Waals surface area contributed by atoms with Crippen molar-refractivity contribution in [2.75, 3.05) is 29.9 Å². The van der Waals surface area contributed by atoms with Crippen LogP contribution >= 0.6 is 0 Å². The molecule has 0 atom stereocenters. The van der Waals surface area contributed by atoms with Crippen LogP contribution in [0.25, 0.3) is 0 Å². The number of urea groups is 1. The normalized spacial score (nSPS) is 20.9. The van der Waals surface area contributed by atoms with E-state index in [9.17, 15) is 14.4 Å². The molecule has 2 heterocycles. The Bertz CT molecular complexity index is 767. The third kappa shape index (κ3) is 3.57. The van der Waals surface area contributed by atoms with Crippen molar-refractivity contribution in [3.05, 3.63) is 24.3 Å². The maximum absolute atomic E-state index is 12.6. The Balaban J connectivity index is 1.30. The van der Waals surface area contributed by atoms with Crippen molar-refractivity contribution >= 4 is 29.2 Å². The zero-order valence-electron chi connectivity index (χ0n) is 16.2. The van der Waals surface area contributed by atoms with Crippen LogP contribution < -0.4 is 15.5 Å². The van der Waals surface area contributed by atoms with E-state index in [-0.39, 0.29) is 30.8 Å². The highest BCUT2D eigenvalue weighted by Crippen LogP contribution is 2.35. The van der Waals surface area contributed by atoms with Crippen LogP contribution in [0.5, 0.6) is 0 Å². The van der Waals surface area contributed by atoms with Gasteiger partial charge in [0.05, 0.1) is 11.4 Å². The Morgan fingerprint density at radius 1 is 1.07 bits per heavy atom. The standard InChI is InChI=1S/C21H28N4O3/c26-18(22-16-8-1-2-9-17(16)24-13-5-6-14-24)10-7-15-25-19(27)21(23-20(25)28)11-3-4-12-21/h1-2,8-9H,3-7,10-15H2,(H,22,26)(H,23,28). The topological polar surface area (TPSA) is 81.8 Å². The number of imide groups is 1. The first-order valence-electron chi connectivity index (χ1n) is 10.4. The van der Waals surface area contributed by atoms with E-state index >= 15 is 0 Å². The Morgan fingerprint density at radius 2 is 1.79 bits per heavy atom. The summed E-state index contributed by atoms with van der Waals surface area (Å²) < 4.78 is 0. The number of nitrogens with one attached hydrogen (secondary N) is 2. The molecule has 4 rings (SSSR count). The van der Waals surface area contributed by atoms with Gasteiger partial charge in [0.15, 0.2) is 0 Å². The molecule has 1 spiro atoms. The smallest absolute Gasteiger partial charge is 0.325 e. The van der Waals surface area contributed by atoms with Gasteiger partial charge in [0.2, 0.25) is 5.91 Å². The summed E-state index contributed by atoms with van der Waals surface area (Å²) in [5.41, 5.74) is 1.22. The number of anilines is 2. The summed E-state index contributed by atoms with van der Waals surface area (Å²) in [4.78, 5) is 40.8. The Kier molecular flexibility index (Phi) is 5.24. The molecule has 150 valence electrons. The molecule has 1 aromatic carbocycles. The van der Waals surface area contributed by atoms with E-state index in [1.807, 2.05) is 24.3 Å². The van der Waals surface area contributed by atoms with E-state index in [0.29, 0.717) is 6.42 Å². The SMILES string of the molecule is O=C(CCCN1C(=O)NC2(CCCC2)C1=O)Nc1ccccc1N1CCCC1. The summed E-state index contributed by atoms with van der Waals surface area (Å²) in [5.74, 6) is -0.205. The minimum absolute atomic E-state index is 0.0886. The second-order valence-corrected chi connectivity index (χ2v) is 8.04. The Hall–Kier alpha value is -2.57. The number of carbonyl (C=O) groups is 3. The lowest BCUT2D eigenvalue weighted by Crippen LogP contribution is -2.44. The van der Waals surface area contributed by atoms with Crippen molar-refractivity contribution in [2.45, 2.75) is 56.9 Å². The number of benzene rings is 1. The van der Waals surface area contributed by atoms with Gasteiger partial charge in [-0.2, -0.15) is 0 Å². The van der Waals surface area contributed by atoms with Gasteiger partial charge >= 0.3 is 6.03 Å². The minimum atomic E-state index is -0.673. The van der Waals surface area contributed by atoms with Crippen LogP contribution in [0.3, 0.4) is 0 Å². The lowest BCUT2D eigenvalue weighted by Gasteiger charge is -2.21. The van der Waals surface area contributed by atoms with Gasteiger partial charge in [0.1, 0.15) is 5.54 Å². The lowest BCUT2D eigenvalue weighted by molar-refractivity contribution is -0.131. The number of rotatable bonds is 6. The summed E-state index contributed by atoms with van der Waals surface area (Å²) >= 11 is 0. The molecule has 1 aliphatic carbocycles. The van der Waals surface area contributed by atoms with Gasteiger partial charge in [-0.3, -0.25) is 14.5 Å². The highest BCUT2D eigenvalue weighted by Gasteiger charge is 2.52. The van der Waals surface area contributed by atoms with Crippen LogP contribution in [-0.2, 0) is 9.59 Å².